The van der Waals surface area contributed by atoms with Crippen molar-refractivity contribution in [1.82, 2.24) is 4.98 Å². The Morgan fingerprint density at radius 3 is 2.39 bits per heavy atom. The number of ether oxygens (including phenoxy) is 1. The molecule has 0 saturated carbocycles. The number of hydrogen-bond acceptors (Lipinski definition) is 2. The van der Waals surface area contributed by atoms with E-state index in [4.69, 9.17) is 4.74 Å². The van der Waals surface area contributed by atoms with E-state index in [0.717, 1.165) is 17.9 Å². The van der Waals surface area contributed by atoms with E-state index in [0.29, 0.717) is 0 Å². The molecule has 0 fully saturated rings. The molecule has 1 aromatic carbocycles. The standard InChI is InChI=1S/C16H19NO/c1-5-15-14(7-6-8-17-15)16-11(2)9-13(18-4)10-12(16)3/h6-10H,5H2,1-4H3. The summed E-state index contributed by atoms with van der Waals surface area (Å²) in [6.45, 7) is 6.38. The van der Waals surface area contributed by atoms with E-state index in [2.05, 4.69) is 44.0 Å². The predicted molar refractivity (Wildman–Crippen MR) is 75.1 cm³/mol. The highest BCUT2D eigenvalue weighted by atomic mass is 16.5. The van der Waals surface area contributed by atoms with Gasteiger partial charge in [0, 0.05) is 17.5 Å². The highest BCUT2D eigenvalue weighted by Gasteiger charge is 2.11. The fourth-order valence-electron chi connectivity index (χ4n) is 2.41. The molecule has 18 heavy (non-hydrogen) atoms. The van der Waals surface area contributed by atoms with Gasteiger partial charge in [-0.15, -0.1) is 0 Å². The Bertz CT molecular complexity index is 538. The van der Waals surface area contributed by atoms with Gasteiger partial charge in [-0.05, 0) is 55.2 Å². The molecule has 0 amide bonds. The zero-order chi connectivity index (χ0) is 13.1. The van der Waals surface area contributed by atoms with Crippen molar-refractivity contribution in [3.8, 4) is 16.9 Å². The van der Waals surface area contributed by atoms with Crippen molar-refractivity contribution < 1.29 is 4.74 Å². The molecule has 0 atom stereocenters. The van der Waals surface area contributed by atoms with Crippen molar-refractivity contribution in [2.75, 3.05) is 7.11 Å². The van der Waals surface area contributed by atoms with Crippen molar-refractivity contribution in [2.45, 2.75) is 27.2 Å². The van der Waals surface area contributed by atoms with Crippen LogP contribution in [0, 0.1) is 13.8 Å². The van der Waals surface area contributed by atoms with Crippen molar-refractivity contribution in [1.29, 1.82) is 0 Å². The SMILES string of the molecule is CCc1ncccc1-c1c(C)cc(OC)cc1C. The van der Waals surface area contributed by atoms with Crippen molar-refractivity contribution in [3.63, 3.8) is 0 Å². The maximum absolute atomic E-state index is 5.31. The molecule has 2 nitrogen and oxygen atoms in total. The molecular formula is C16H19NO. The highest BCUT2D eigenvalue weighted by Crippen LogP contribution is 2.32. The van der Waals surface area contributed by atoms with E-state index in [1.165, 1.54) is 22.3 Å². The van der Waals surface area contributed by atoms with Crippen LogP contribution in [0.4, 0.5) is 0 Å². The Balaban J connectivity index is 2.64. The van der Waals surface area contributed by atoms with Gasteiger partial charge in [-0.25, -0.2) is 0 Å². The van der Waals surface area contributed by atoms with Crippen LogP contribution in [0.3, 0.4) is 0 Å². The first-order valence-electron chi connectivity index (χ1n) is 6.26. The molecule has 94 valence electrons. The second-order valence-corrected chi connectivity index (χ2v) is 4.49. The zero-order valence-corrected chi connectivity index (χ0v) is 11.4. The lowest BCUT2D eigenvalue weighted by molar-refractivity contribution is 0.414. The van der Waals surface area contributed by atoms with Gasteiger partial charge in [0.25, 0.3) is 0 Å². The van der Waals surface area contributed by atoms with Crippen molar-refractivity contribution >= 4 is 0 Å². The number of methoxy groups -OCH3 is 1. The topological polar surface area (TPSA) is 22.1 Å². The minimum atomic E-state index is 0.913. The number of rotatable bonds is 3. The van der Waals surface area contributed by atoms with Crippen LogP contribution in [-0.4, -0.2) is 12.1 Å². The summed E-state index contributed by atoms with van der Waals surface area (Å²) in [5, 5.41) is 0. The Kier molecular flexibility index (Phi) is 3.66. The fourth-order valence-corrected chi connectivity index (χ4v) is 2.41. The molecule has 0 radical (unpaired) electrons. The molecule has 0 bridgehead atoms. The van der Waals surface area contributed by atoms with Crippen LogP contribution >= 0.6 is 0 Å². The monoisotopic (exact) mass is 241 g/mol. The fraction of sp³-hybridized carbons (Fsp3) is 0.312. The Hall–Kier alpha value is -1.83. The molecule has 0 N–H and O–H groups in total. The third kappa shape index (κ3) is 2.23. The van der Waals surface area contributed by atoms with E-state index < -0.39 is 0 Å². The van der Waals surface area contributed by atoms with Crippen LogP contribution < -0.4 is 4.74 Å². The minimum Gasteiger partial charge on any atom is -0.497 e. The van der Waals surface area contributed by atoms with E-state index >= 15 is 0 Å². The largest absolute Gasteiger partial charge is 0.497 e. The first-order chi connectivity index (χ1) is 8.67. The van der Waals surface area contributed by atoms with E-state index in [-0.39, 0.29) is 0 Å². The lowest BCUT2D eigenvalue weighted by atomic mass is 9.93. The average molecular weight is 241 g/mol. The van der Waals surface area contributed by atoms with E-state index in [1.54, 1.807) is 7.11 Å². The molecule has 1 heterocycles. The van der Waals surface area contributed by atoms with Crippen LogP contribution in [0.2, 0.25) is 0 Å². The summed E-state index contributed by atoms with van der Waals surface area (Å²) in [5.74, 6) is 0.913. The number of pyridine rings is 1. The number of nitrogens with zero attached hydrogens (tertiary/aromatic N) is 1. The normalized spacial score (nSPS) is 10.4. The number of aromatic nitrogens is 1. The first kappa shape index (κ1) is 12.6. The maximum Gasteiger partial charge on any atom is 0.119 e. The first-order valence-corrected chi connectivity index (χ1v) is 6.26. The van der Waals surface area contributed by atoms with Gasteiger partial charge in [0.2, 0.25) is 0 Å². The molecule has 0 spiro atoms. The summed E-state index contributed by atoms with van der Waals surface area (Å²) in [6.07, 6.45) is 2.80. The third-order valence-electron chi connectivity index (χ3n) is 3.24. The lowest BCUT2D eigenvalue weighted by Gasteiger charge is -2.14. The maximum atomic E-state index is 5.31. The molecule has 1 aromatic heterocycles. The summed E-state index contributed by atoms with van der Waals surface area (Å²) in [6, 6.07) is 8.30. The number of aryl methyl sites for hydroxylation is 3. The summed E-state index contributed by atoms with van der Waals surface area (Å²) >= 11 is 0. The van der Waals surface area contributed by atoms with Crippen molar-refractivity contribution in [3.05, 3.63) is 47.3 Å². The van der Waals surface area contributed by atoms with Gasteiger partial charge in [-0.1, -0.05) is 13.0 Å². The highest BCUT2D eigenvalue weighted by molar-refractivity contribution is 5.73. The van der Waals surface area contributed by atoms with Gasteiger partial charge in [-0.3, -0.25) is 4.98 Å². The van der Waals surface area contributed by atoms with Gasteiger partial charge >= 0.3 is 0 Å². The second-order valence-electron chi connectivity index (χ2n) is 4.49. The molecule has 0 aliphatic rings. The summed E-state index contributed by atoms with van der Waals surface area (Å²) in [5.41, 5.74) is 6.12. The molecule has 0 unspecified atom stereocenters. The second kappa shape index (κ2) is 5.21. The molecule has 2 heteroatoms. The average Bonchev–Trinajstić information content (AvgIpc) is 2.38. The molecule has 0 aliphatic carbocycles. The third-order valence-corrected chi connectivity index (χ3v) is 3.24. The summed E-state index contributed by atoms with van der Waals surface area (Å²) in [7, 11) is 1.70. The van der Waals surface area contributed by atoms with Gasteiger partial charge < -0.3 is 4.74 Å². The van der Waals surface area contributed by atoms with Gasteiger partial charge in [-0.2, -0.15) is 0 Å². The van der Waals surface area contributed by atoms with Gasteiger partial charge in [0.15, 0.2) is 0 Å². The molecule has 2 rings (SSSR count). The molecule has 2 aromatic rings. The van der Waals surface area contributed by atoms with Gasteiger partial charge in [0.1, 0.15) is 5.75 Å². The van der Waals surface area contributed by atoms with Crippen LogP contribution in [0.5, 0.6) is 5.75 Å². The molecule has 0 saturated heterocycles. The Labute approximate surface area is 109 Å². The Morgan fingerprint density at radius 1 is 1.17 bits per heavy atom. The van der Waals surface area contributed by atoms with E-state index in [1.807, 2.05) is 12.3 Å². The van der Waals surface area contributed by atoms with Crippen molar-refractivity contribution in [2.24, 2.45) is 0 Å². The van der Waals surface area contributed by atoms with Gasteiger partial charge in [0.05, 0.1) is 7.11 Å². The molecule has 0 aliphatic heterocycles. The number of benzene rings is 1. The van der Waals surface area contributed by atoms with Crippen LogP contribution in [0.25, 0.3) is 11.1 Å². The lowest BCUT2D eigenvalue weighted by Crippen LogP contribution is -1.96. The van der Waals surface area contributed by atoms with Crippen LogP contribution in [0.15, 0.2) is 30.5 Å². The minimum absolute atomic E-state index is 0.913. The zero-order valence-electron chi connectivity index (χ0n) is 11.4. The van der Waals surface area contributed by atoms with Crippen LogP contribution in [0.1, 0.15) is 23.7 Å². The van der Waals surface area contributed by atoms with E-state index in [9.17, 15) is 0 Å². The van der Waals surface area contributed by atoms with Crippen LogP contribution in [-0.2, 0) is 6.42 Å². The summed E-state index contributed by atoms with van der Waals surface area (Å²) < 4.78 is 5.31. The summed E-state index contributed by atoms with van der Waals surface area (Å²) in [4.78, 5) is 4.47. The Morgan fingerprint density at radius 2 is 1.83 bits per heavy atom. The smallest absolute Gasteiger partial charge is 0.119 e. The quantitative estimate of drug-likeness (QED) is 0.812. The number of hydrogen-bond donors (Lipinski definition) is 0. The predicted octanol–water partition coefficient (Wildman–Crippen LogP) is 3.94. The molecular weight excluding hydrogens is 222 g/mol.